The fourth-order valence-electron chi connectivity index (χ4n) is 20.7. The number of carbonyl (C=O) groups is 4. The molecular formula is C94H106F4N24O7. The van der Waals surface area contributed by atoms with E-state index in [1.54, 1.807) is 50.7 Å². The molecule has 3 saturated heterocycles. The van der Waals surface area contributed by atoms with Crippen molar-refractivity contribution in [3.05, 3.63) is 189 Å². The van der Waals surface area contributed by atoms with E-state index in [1.165, 1.54) is 74.1 Å². The van der Waals surface area contributed by atoms with Crippen molar-refractivity contribution < 1.29 is 51.0 Å². The average Bonchev–Trinajstić information content (AvgIpc) is 1.53. The summed E-state index contributed by atoms with van der Waals surface area (Å²) in [5, 5.41) is 36.5. The number of anilines is 8. The number of hydrogen-bond acceptors (Lipinski definition) is 19. The Kier molecular flexibility index (Phi) is 22.3. The molecule has 23 rings (SSSR count). The van der Waals surface area contributed by atoms with Gasteiger partial charge >= 0.3 is 6.18 Å². The number of aryl methyl sites for hydroxylation is 5. The molecule has 672 valence electrons. The van der Waals surface area contributed by atoms with Gasteiger partial charge < -0.3 is 53.4 Å². The van der Waals surface area contributed by atoms with Crippen molar-refractivity contribution in [2.24, 2.45) is 35.2 Å². The standard InChI is InChI=1S/C25H27F3N6O2.2C24H28N6O2.C21H23FN6O/c1-15(35)32-8-6-22-20(13-32)24(30-34(22)18-7-10-36-14-18)33-9-5-17-11-16(3-4-21(17)33)19-12-31(2)29-23(19)25(26,27)28;2*1-16(31)28-8-6-23-21(14-28)24(26-30(23)20-7-10-32-15-20)29-9-5-18-11-17(3-4-22(18)29)19-12-25-27(2)13-19;1-13(29)27-6-5-19-17(12-27)21(24-26(19)3)28-7-4-14-8-15(9-18(22)20(14)28)16-10-23-25(2)11-16/h3-4,11-12,18H,5-10,13-14H2,1-2H3;2*3-4,11-13,20H,5-10,14-15H2,1-2H3;8-11H,4-7,12H2,1-3H3/t;2*20-;/m.10./s1. The highest BCUT2D eigenvalue weighted by Crippen LogP contribution is 2.48. The zero-order valence-corrected chi connectivity index (χ0v) is 74.2. The second-order valence-electron chi connectivity index (χ2n) is 35.6. The van der Waals surface area contributed by atoms with Crippen molar-refractivity contribution in [3.8, 4) is 44.5 Å². The average molecular weight is 1760 g/mol. The van der Waals surface area contributed by atoms with Gasteiger partial charge in [-0.05, 0) is 138 Å². The molecule has 19 heterocycles. The first-order valence-electron chi connectivity index (χ1n) is 44.8. The first kappa shape index (κ1) is 84.4. The quantitative estimate of drug-likeness (QED) is 0.109. The fourth-order valence-corrected chi connectivity index (χ4v) is 20.7. The maximum Gasteiger partial charge on any atom is 0.435 e. The Hall–Kier alpha value is -12.8. The molecule has 8 aromatic heterocycles. The van der Waals surface area contributed by atoms with Crippen LogP contribution in [0, 0.1) is 5.82 Å². The topological polar surface area (TPSA) is 264 Å². The van der Waals surface area contributed by atoms with Gasteiger partial charge in [0.2, 0.25) is 23.6 Å². The second kappa shape index (κ2) is 34.0. The third kappa shape index (κ3) is 16.0. The molecule has 12 aromatic rings. The van der Waals surface area contributed by atoms with Crippen LogP contribution in [0.3, 0.4) is 0 Å². The zero-order chi connectivity index (χ0) is 89.1. The van der Waals surface area contributed by atoms with Crippen molar-refractivity contribution >= 4 is 69.6 Å². The molecule has 4 amide bonds. The van der Waals surface area contributed by atoms with Crippen LogP contribution in [0.1, 0.15) is 138 Å². The second-order valence-corrected chi connectivity index (χ2v) is 35.6. The van der Waals surface area contributed by atoms with Crippen molar-refractivity contribution in [3.63, 3.8) is 0 Å². The van der Waals surface area contributed by atoms with Gasteiger partial charge in [-0.2, -0.15) is 54.0 Å². The molecule has 0 spiro atoms. The normalized spacial score (nSPS) is 18.9. The molecule has 35 heteroatoms. The van der Waals surface area contributed by atoms with E-state index < -0.39 is 11.9 Å². The first-order valence-corrected chi connectivity index (χ1v) is 44.8. The molecule has 0 bridgehead atoms. The minimum absolute atomic E-state index is 0.0342. The van der Waals surface area contributed by atoms with Gasteiger partial charge in [0.1, 0.15) is 5.82 Å². The summed E-state index contributed by atoms with van der Waals surface area (Å²) in [6, 6.07) is 23.1. The maximum absolute atomic E-state index is 15.3. The SMILES string of the molecule is CC(=O)N1CCc2c(c(N3CCc4cc(-c5cn(C)nc5C(F)(F)F)ccc43)nn2C2CCOC2)C1.CC(=O)N1CCc2c(c(N3CCc4cc(-c5cnn(C)c5)cc(F)c43)nn2C)C1.CC(=O)N1CCc2c(c(N3CCc4cc(-c5cnn(C)c5)ccc43)nn2[C@@H]2CCOC2)C1.CC(=O)N1CCc2c(c(N3CCc4cc(-c5cnn(C)c5)ccc43)nn2[C@H]2CCOC2)C1. The van der Waals surface area contributed by atoms with Crippen LogP contribution in [0.2, 0.25) is 0 Å². The lowest BCUT2D eigenvalue weighted by Gasteiger charge is -2.28. The Bertz CT molecular complexity index is 6170. The van der Waals surface area contributed by atoms with E-state index in [0.717, 1.165) is 202 Å². The van der Waals surface area contributed by atoms with E-state index in [2.05, 4.69) is 85.5 Å². The molecule has 11 aliphatic rings. The molecule has 3 atom stereocenters. The van der Waals surface area contributed by atoms with E-state index in [9.17, 15) is 32.3 Å². The number of amides is 4. The summed E-state index contributed by atoms with van der Waals surface area (Å²) in [5.41, 5.74) is 23.9. The van der Waals surface area contributed by atoms with Crippen molar-refractivity contribution in [2.45, 2.75) is 149 Å². The third-order valence-corrected chi connectivity index (χ3v) is 27.4. The van der Waals surface area contributed by atoms with Crippen LogP contribution in [0.15, 0.2) is 110 Å². The van der Waals surface area contributed by atoms with Crippen LogP contribution in [-0.4, -0.2) is 213 Å². The van der Waals surface area contributed by atoms with Gasteiger partial charge in [0.05, 0.1) is 88.4 Å². The number of fused-ring (bicyclic) bond motifs is 8. The van der Waals surface area contributed by atoms with Gasteiger partial charge in [-0.1, -0.05) is 18.2 Å². The van der Waals surface area contributed by atoms with Crippen LogP contribution in [0.25, 0.3) is 44.5 Å². The predicted molar refractivity (Wildman–Crippen MR) is 475 cm³/mol. The Morgan fingerprint density at radius 1 is 0.372 bits per heavy atom. The number of alkyl halides is 3. The molecule has 0 aliphatic carbocycles. The lowest BCUT2D eigenvalue weighted by Crippen LogP contribution is -2.35. The van der Waals surface area contributed by atoms with Crippen molar-refractivity contribution in [1.82, 2.24) is 97.8 Å². The molecule has 31 nitrogen and oxygen atoms in total. The Balaban J connectivity index is 0.000000108. The predicted octanol–water partition coefficient (Wildman–Crippen LogP) is 12.1. The number of nitrogens with zero attached hydrogens (tertiary/aromatic N) is 24. The van der Waals surface area contributed by atoms with Gasteiger partial charge in [-0.25, -0.2) is 4.39 Å². The van der Waals surface area contributed by atoms with Crippen LogP contribution < -0.4 is 19.6 Å². The number of halogens is 4. The van der Waals surface area contributed by atoms with Crippen LogP contribution in [0.5, 0.6) is 0 Å². The Morgan fingerprint density at radius 3 is 1.09 bits per heavy atom. The molecule has 1 unspecified atom stereocenters. The van der Waals surface area contributed by atoms with Gasteiger partial charge in [-0.15, -0.1) is 0 Å². The fraction of sp³-hybridized carbons (Fsp3) is 0.447. The number of aromatic nitrogens is 16. The van der Waals surface area contributed by atoms with Gasteiger partial charge in [0.25, 0.3) is 0 Å². The maximum atomic E-state index is 15.3. The minimum atomic E-state index is -4.53. The molecule has 0 radical (unpaired) electrons. The Labute approximate surface area is 743 Å². The largest absolute Gasteiger partial charge is 0.435 e. The van der Waals surface area contributed by atoms with Gasteiger partial charge in [-0.3, -0.25) is 56.6 Å². The zero-order valence-electron chi connectivity index (χ0n) is 74.2. The first-order chi connectivity index (χ1) is 62.3. The monoisotopic (exact) mass is 1760 g/mol. The third-order valence-electron chi connectivity index (χ3n) is 27.4. The van der Waals surface area contributed by atoms with Gasteiger partial charge in [0, 0.05) is 270 Å². The summed E-state index contributed by atoms with van der Waals surface area (Å²) in [7, 11) is 9.15. The highest BCUT2D eigenvalue weighted by atomic mass is 19.4. The van der Waals surface area contributed by atoms with Crippen LogP contribution in [-0.2, 0) is 152 Å². The molecular weight excluding hydrogens is 1650 g/mol. The lowest BCUT2D eigenvalue weighted by molar-refractivity contribution is -0.141. The van der Waals surface area contributed by atoms with E-state index in [0.29, 0.717) is 83.2 Å². The minimum Gasteiger partial charge on any atom is -0.379 e. The molecule has 3 fully saturated rings. The highest BCUT2D eigenvalue weighted by Gasteiger charge is 2.42. The highest BCUT2D eigenvalue weighted by molar-refractivity contribution is 5.83. The number of benzene rings is 4. The molecule has 11 aliphatic heterocycles. The van der Waals surface area contributed by atoms with Gasteiger partial charge in [0.15, 0.2) is 29.0 Å². The van der Waals surface area contributed by atoms with E-state index in [4.69, 9.17) is 34.6 Å². The number of hydrogen-bond donors (Lipinski definition) is 0. The molecule has 4 aromatic carbocycles. The Morgan fingerprint density at radius 2 is 0.721 bits per heavy atom. The number of rotatable bonds is 11. The summed E-state index contributed by atoms with van der Waals surface area (Å²) < 4.78 is 87.8. The van der Waals surface area contributed by atoms with Crippen molar-refractivity contribution in [1.29, 1.82) is 0 Å². The summed E-state index contributed by atoms with van der Waals surface area (Å²) >= 11 is 0. The van der Waals surface area contributed by atoms with Crippen molar-refractivity contribution in [2.75, 3.05) is 112 Å². The lowest BCUT2D eigenvalue weighted by atomic mass is 10.0. The smallest absolute Gasteiger partial charge is 0.379 e. The number of ether oxygens (including phenoxy) is 3. The number of carbonyl (C=O) groups excluding carboxylic acids is 4. The summed E-state index contributed by atoms with van der Waals surface area (Å²) in [6.45, 7) is 19.1. The van der Waals surface area contributed by atoms with E-state index >= 15 is 4.39 Å². The van der Waals surface area contributed by atoms with Crippen LogP contribution >= 0.6 is 0 Å². The van der Waals surface area contributed by atoms with Crippen LogP contribution in [0.4, 0.5) is 63.6 Å². The summed E-state index contributed by atoms with van der Waals surface area (Å²) in [6.07, 6.45) is 17.9. The summed E-state index contributed by atoms with van der Waals surface area (Å²) in [4.78, 5) is 64.7. The van der Waals surface area contributed by atoms with E-state index in [1.807, 2.05) is 116 Å². The molecule has 0 saturated carbocycles. The molecule has 0 N–H and O–H groups in total. The molecule has 129 heavy (non-hydrogen) atoms. The summed E-state index contributed by atoms with van der Waals surface area (Å²) in [5.74, 6) is 3.69. The van der Waals surface area contributed by atoms with E-state index in [-0.39, 0.29) is 53.1 Å².